The Morgan fingerprint density at radius 2 is 2.33 bits per heavy atom. The molecule has 0 aliphatic heterocycles. The zero-order chi connectivity index (χ0) is 12.9. The summed E-state index contributed by atoms with van der Waals surface area (Å²) >= 11 is 11.2. The molecule has 1 aromatic heterocycles. The van der Waals surface area contributed by atoms with Crippen LogP contribution in [0.4, 0.5) is 4.39 Å². The SMILES string of the molecule is CCCC1CC1n1c(=S)[nH]c2cc(F)c(Cl)cc21. The lowest BCUT2D eigenvalue weighted by atomic mass is 10.2. The van der Waals surface area contributed by atoms with Gasteiger partial charge in [-0.15, -0.1) is 0 Å². The number of nitrogens with zero attached hydrogens (tertiary/aromatic N) is 1. The molecule has 0 bridgehead atoms. The van der Waals surface area contributed by atoms with Gasteiger partial charge >= 0.3 is 0 Å². The quantitative estimate of drug-likeness (QED) is 0.799. The Morgan fingerprint density at radius 3 is 3.06 bits per heavy atom. The molecule has 1 aliphatic carbocycles. The van der Waals surface area contributed by atoms with Crippen molar-refractivity contribution in [1.82, 2.24) is 9.55 Å². The lowest BCUT2D eigenvalue weighted by Gasteiger charge is -2.04. The summed E-state index contributed by atoms with van der Waals surface area (Å²) in [7, 11) is 0. The van der Waals surface area contributed by atoms with Crippen molar-refractivity contribution < 1.29 is 4.39 Å². The second-order valence-corrected chi connectivity index (χ2v) is 5.73. The van der Waals surface area contributed by atoms with E-state index in [0.29, 0.717) is 16.7 Å². The molecular formula is C13H14ClFN2S. The summed E-state index contributed by atoms with van der Waals surface area (Å²) in [6.07, 6.45) is 3.56. The van der Waals surface area contributed by atoms with E-state index in [1.165, 1.54) is 18.9 Å². The van der Waals surface area contributed by atoms with Crippen molar-refractivity contribution in [3.05, 3.63) is 27.7 Å². The van der Waals surface area contributed by atoms with E-state index in [0.717, 1.165) is 17.5 Å². The highest BCUT2D eigenvalue weighted by atomic mass is 35.5. The summed E-state index contributed by atoms with van der Waals surface area (Å²) in [6.45, 7) is 2.19. The second kappa shape index (κ2) is 4.35. The molecule has 0 amide bonds. The van der Waals surface area contributed by atoms with Crippen LogP contribution in [-0.4, -0.2) is 9.55 Å². The van der Waals surface area contributed by atoms with Gasteiger partial charge < -0.3 is 9.55 Å². The van der Waals surface area contributed by atoms with Gasteiger partial charge in [-0.05, 0) is 37.0 Å². The molecule has 5 heteroatoms. The van der Waals surface area contributed by atoms with E-state index in [1.54, 1.807) is 6.07 Å². The van der Waals surface area contributed by atoms with E-state index in [4.69, 9.17) is 23.8 Å². The van der Waals surface area contributed by atoms with Crippen LogP contribution in [0.5, 0.6) is 0 Å². The molecular weight excluding hydrogens is 271 g/mol. The maximum absolute atomic E-state index is 13.4. The van der Waals surface area contributed by atoms with E-state index in [2.05, 4.69) is 16.5 Å². The molecule has 1 aliphatic rings. The normalized spacial score (nSPS) is 22.6. The van der Waals surface area contributed by atoms with Crippen LogP contribution in [0, 0.1) is 16.5 Å². The van der Waals surface area contributed by atoms with Gasteiger partial charge in [0.25, 0.3) is 0 Å². The molecule has 0 spiro atoms. The largest absolute Gasteiger partial charge is 0.330 e. The summed E-state index contributed by atoms with van der Waals surface area (Å²) in [4.78, 5) is 3.06. The number of H-pyrrole nitrogens is 1. The van der Waals surface area contributed by atoms with Gasteiger partial charge in [-0.3, -0.25) is 0 Å². The predicted molar refractivity (Wildman–Crippen MR) is 74.1 cm³/mol. The molecule has 1 saturated carbocycles. The highest BCUT2D eigenvalue weighted by molar-refractivity contribution is 7.71. The molecule has 0 radical (unpaired) electrons. The van der Waals surface area contributed by atoms with Crippen LogP contribution in [-0.2, 0) is 0 Å². The van der Waals surface area contributed by atoms with E-state index >= 15 is 0 Å². The maximum Gasteiger partial charge on any atom is 0.178 e. The van der Waals surface area contributed by atoms with Gasteiger partial charge in [0.1, 0.15) is 5.82 Å². The summed E-state index contributed by atoms with van der Waals surface area (Å²) in [5.41, 5.74) is 1.64. The zero-order valence-corrected chi connectivity index (χ0v) is 11.6. The number of nitrogens with one attached hydrogen (secondary N) is 1. The van der Waals surface area contributed by atoms with E-state index in [-0.39, 0.29) is 5.02 Å². The van der Waals surface area contributed by atoms with Gasteiger partial charge in [0, 0.05) is 12.1 Å². The minimum Gasteiger partial charge on any atom is -0.330 e. The Labute approximate surface area is 115 Å². The summed E-state index contributed by atoms with van der Waals surface area (Å²) in [5, 5.41) is 0.151. The Kier molecular flexibility index (Phi) is 2.94. The maximum atomic E-state index is 13.4. The summed E-state index contributed by atoms with van der Waals surface area (Å²) < 4.78 is 16.2. The van der Waals surface area contributed by atoms with E-state index in [1.807, 2.05) is 0 Å². The summed E-state index contributed by atoms with van der Waals surface area (Å²) in [5.74, 6) is 0.290. The summed E-state index contributed by atoms with van der Waals surface area (Å²) in [6, 6.07) is 3.54. The smallest absolute Gasteiger partial charge is 0.178 e. The van der Waals surface area contributed by atoms with Crippen molar-refractivity contribution in [2.75, 3.05) is 0 Å². The standard InChI is InChI=1S/C13H14ClFN2S/c1-2-3-7-4-11(7)17-12-5-8(14)9(15)6-10(12)16-13(17)18/h5-7,11H,2-4H2,1H3,(H,16,18). The average Bonchev–Trinajstić information content (AvgIpc) is 2.98. The van der Waals surface area contributed by atoms with E-state index in [9.17, 15) is 4.39 Å². The molecule has 1 aromatic carbocycles. The lowest BCUT2D eigenvalue weighted by molar-refractivity contribution is 0.612. The van der Waals surface area contributed by atoms with Gasteiger partial charge in [0.15, 0.2) is 4.77 Å². The molecule has 3 rings (SSSR count). The van der Waals surface area contributed by atoms with Crippen molar-refractivity contribution in [3.8, 4) is 0 Å². The fourth-order valence-corrected chi connectivity index (χ4v) is 3.18. The number of aromatic nitrogens is 2. The molecule has 1 N–H and O–H groups in total. The molecule has 18 heavy (non-hydrogen) atoms. The van der Waals surface area contributed by atoms with Crippen LogP contribution in [0.25, 0.3) is 11.0 Å². The van der Waals surface area contributed by atoms with Gasteiger partial charge in [-0.25, -0.2) is 4.39 Å². The lowest BCUT2D eigenvalue weighted by Crippen LogP contribution is -1.96. The van der Waals surface area contributed by atoms with Gasteiger partial charge in [0.05, 0.1) is 16.1 Å². The second-order valence-electron chi connectivity index (χ2n) is 4.94. The minimum absolute atomic E-state index is 0.151. The molecule has 2 aromatic rings. The Morgan fingerprint density at radius 1 is 1.56 bits per heavy atom. The van der Waals surface area contributed by atoms with Crippen molar-refractivity contribution in [3.63, 3.8) is 0 Å². The zero-order valence-electron chi connectivity index (χ0n) is 10.0. The van der Waals surface area contributed by atoms with Crippen molar-refractivity contribution in [2.45, 2.75) is 32.2 Å². The molecule has 2 unspecified atom stereocenters. The van der Waals surface area contributed by atoms with Crippen LogP contribution in [0.3, 0.4) is 0 Å². The van der Waals surface area contributed by atoms with Crippen molar-refractivity contribution in [1.29, 1.82) is 0 Å². The topological polar surface area (TPSA) is 20.7 Å². The molecule has 1 fully saturated rings. The number of aromatic amines is 1. The predicted octanol–water partition coefficient (Wildman–Crippen LogP) is 4.85. The van der Waals surface area contributed by atoms with Gasteiger partial charge in [0.2, 0.25) is 0 Å². The number of rotatable bonds is 3. The third-order valence-corrected chi connectivity index (χ3v) is 4.22. The molecule has 96 valence electrons. The molecule has 1 heterocycles. The molecule has 2 nitrogen and oxygen atoms in total. The van der Waals surface area contributed by atoms with Crippen LogP contribution in [0.2, 0.25) is 5.02 Å². The third-order valence-electron chi connectivity index (χ3n) is 3.63. The minimum atomic E-state index is -0.409. The van der Waals surface area contributed by atoms with Crippen molar-refractivity contribution >= 4 is 34.9 Å². The fourth-order valence-electron chi connectivity index (χ4n) is 2.68. The first-order chi connectivity index (χ1) is 8.61. The number of imidazole rings is 1. The van der Waals surface area contributed by atoms with E-state index < -0.39 is 5.82 Å². The number of halogens is 2. The highest BCUT2D eigenvalue weighted by Crippen LogP contribution is 2.48. The highest BCUT2D eigenvalue weighted by Gasteiger charge is 2.38. The van der Waals surface area contributed by atoms with Crippen LogP contribution in [0.15, 0.2) is 12.1 Å². The van der Waals surface area contributed by atoms with Crippen LogP contribution in [0.1, 0.15) is 32.2 Å². The molecule has 2 atom stereocenters. The van der Waals surface area contributed by atoms with Gasteiger partial charge in [-0.2, -0.15) is 0 Å². The van der Waals surface area contributed by atoms with Crippen LogP contribution < -0.4 is 0 Å². The first-order valence-corrected chi connectivity index (χ1v) is 6.99. The Bertz CT molecular complexity index is 661. The van der Waals surface area contributed by atoms with Crippen LogP contribution >= 0.6 is 23.8 Å². The third kappa shape index (κ3) is 1.88. The number of hydrogen-bond acceptors (Lipinski definition) is 1. The Hall–Kier alpha value is -0.870. The first kappa shape index (κ1) is 12.2. The van der Waals surface area contributed by atoms with Gasteiger partial charge in [-0.1, -0.05) is 24.9 Å². The molecule has 0 saturated heterocycles. The monoisotopic (exact) mass is 284 g/mol. The fraction of sp³-hybridized carbons (Fsp3) is 0.462. The first-order valence-electron chi connectivity index (χ1n) is 6.21. The Balaban J connectivity index is 2.10. The number of fused-ring (bicyclic) bond motifs is 1. The average molecular weight is 285 g/mol. The van der Waals surface area contributed by atoms with Crippen molar-refractivity contribution in [2.24, 2.45) is 5.92 Å². The number of hydrogen-bond donors (Lipinski definition) is 1. The number of benzene rings is 1.